The second kappa shape index (κ2) is 8.44. The summed E-state index contributed by atoms with van der Waals surface area (Å²) in [5.74, 6) is 0.124. The van der Waals surface area contributed by atoms with E-state index in [1.807, 2.05) is 0 Å². The molecule has 0 aliphatic heterocycles. The van der Waals surface area contributed by atoms with Gasteiger partial charge in [-0.15, -0.1) is 0 Å². The standard InChI is InChI=1S/C18H23N7O3/c1-27-8-9-28-13-4-2-12(3-5-13)22-17(26)15-14-16(21-10-20-14)24-18(23-15)25-7-6-19-11-25/h6-7,10-13H,2-5,8-9H2,1H3,(H,22,26)(H,20,21,23,24)/t12-,13-. The average molecular weight is 385 g/mol. The first-order valence-electron chi connectivity index (χ1n) is 9.35. The van der Waals surface area contributed by atoms with E-state index in [9.17, 15) is 4.79 Å². The van der Waals surface area contributed by atoms with Crippen LogP contribution < -0.4 is 5.32 Å². The molecule has 1 aliphatic rings. The Bertz CT molecular complexity index is 917. The number of hydrogen-bond donors (Lipinski definition) is 2. The molecule has 1 amide bonds. The molecule has 3 aromatic heterocycles. The van der Waals surface area contributed by atoms with E-state index in [0.717, 1.165) is 25.7 Å². The number of aromatic nitrogens is 6. The van der Waals surface area contributed by atoms with Gasteiger partial charge in [-0.25, -0.2) is 15.0 Å². The van der Waals surface area contributed by atoms with Crippen molar-refractivity contribution in [2.24, 2.45) is 0 Å². The third kappa shape index (κ3) is 4.02. The Morgan fingerprint density at radius 2 is 2.14 bits per heavy atom. The topological polar surface area (TPSA) is 120 Å². The van der Waals surface area contributed by atoms with Gasteiger partial charge in [0.25, 0.3) is 5.91 Å². The van der Waals surface area contributed by atoms with Gasteiger partial charge in [0.15, 0.2) is 11.3 Å². The van der Waals surface area contributed by atoms with E-state index in [-0.39, 0.29) is 23.7 Å². The zero-order chi connectivity index (χ0) is 19.3. The van der Waals surface area contributed by atoms with Crippen molar-refractivity contribution in [2.45, 2.75) is 37.8 Å². The quantitative estimate of drug-likeness (QED) is 0.587. The second-order valence-electron chi connectivity index (χ2n) is 6.75. The lowest BCUT2D eigenvalue weighted by molar-refractivity contribution is -0.00409. The highest BCUT2D eigenvalue weighted by Gasteiger charge is 2.25. The number of methoxy groups -OCH3 is 1. The van der Waals surface area contributed by atoms with Gasteiger partial charge in [0, 0.05) is 25.5 Å². The van der Waals surface area contributed by atoms with Crippen molar-refractivity contribution in [3.05, 3.63) is 30.7 Å². The summed E-state index contributed by atoms with van der Waals surface area (Å²) in [6.45, 7) is 1.21. The Kier molecular flexibility index (Phi) is 5.58. The number of aromatic amines is 1. The van der Waals surface area contributed by atoms with Crippen molar-refractivity contribution in [3.8, 4) is 5.95 Å². The molecule has 1 saturated carbocycles. The first kappa shape index (κ1) is 18.5. The summed E-state index contributed by atoms with van der Waals surface area (Å²) in [5.41, 5.74) is 1.25. The molecule has 148 valence electrons. The number of ether oxygens (including phenoxy) is 2. The van der Waals surface area contributed by atoms with Crippen molar-refractivity contribution in [2.75, 3.05) is 20.3 Å². The molecule has 2 N–H and O–H groups in total. The number of rotatable bonds is 7. The van der Waals surface area contributed by atoms with Gasteiger partial charge in [-0.2, -0.15) is 4.98 Å². The largest absolute Gasteiger partial charge is 0.382 e. The first-order chi connectivity index (χ1) is 13.7. The van der Waals surface area contributed by atoms with E-state index >= 15 is 0 Å². The van der Waals surface area contributed by atoms with Crippen LogP contribution in [0.15, 0.2) is 25.0 Å². The summed E-state index contributed by atoms with van der Waals surface area (Å²) in [4.78, 5) is 32.9. The zero-order valence-electron chi connectivity index (χ0n) is 15.7. The lowest BCUT2D eigenvalue weighted by atomic mass is 9.93. The molecule has 0 aromatic carbocycles. The maximum Gasteiger partial charge on any atom is 0.272 e. The number of fused-ring (bicyclic) bond motifs is 1. The molecule has 0 radical (unpaired) electrons. The van der Waals surface area contributed by atoms with Crippen molar-refractivity contribution < 1.29 is 14.3 Å². The van der Waals surface area contributed by atoms with Crippen LogP contribution >= 0.6 is 0 Å². The molecule has 1 aliphatic carbocycles. The molecular weight excluding hydrogens is 362 g/mol. The minimum Gasteiger partial charge on any atom is -0.382 e. The van der Waals surface area contributed by atoms with E-state index < -0.39 is 0 Å². The minimum absolute atomic E-state index is 0.0967. The minimum atomic E-state index is -0.234. The van der Waals surface area contributed by atoms with Crippen molar-refractivity contribution in [1.29, 1.82) is 0 Å². The van der Waals surface area contributed by atoms with E-state index in [1.165, 1.54) is 6.33 Å². The Morgan fingerprint density at radius 3 is 2.89 bits per heavy atom. The summed E-state index contributed by atoms with van der Waals surface area (Å²) in [6, 6.07) is 0.0967. The van der Waals surface area contributed by atoms with Crippen LogP contribution in [0.5, 0.6) is 0 Å². The van der Waals surface area contributed by atoms with Crippen molar-refractivity contribution in [1.82, 2.24) is 34.8 Å². The molecule has 28 heavy (non-hydrogen) atoms. The first-order valence-corrected chi connectivity index (χ1v) is 9.35. The zero-order valence-corrected chi connectivity index (χ0v) is 15.7. The lowest BCUT2D eigenvalue weighted by Crippen LogP contribution is -2.39. The Labute approximate surface area is 161 Å². The fourth-order valence-corrected chi connectivity index (χ4v) is 3.40. The molecule has 0 bridgehead atoms. The summed E-state index contributed by atoms with van der Waals surface area (Å²) in [5, 5.41) is 3.10. The predicted molar refractivity (Wildman–Crippen MR) is 100 cm³/mol. The fraction of sp³-hybridized carbons (Fsp3) is 0.500. The monoisotopic (exact) mass is 385 g/mol. The van der Waals surface area contributed by atoms with Crippen LogP contribution in [0.1, 0.15) is 36.2 Å². The average Bonchev–Trinajstić information content (AvgIpc) is 3.40. The summed E-state index contributed by atoms with van der Waals surface area (Å²) >= 11 is 0. The van der Waals surface area contributed by atoms with Crippen LogP contribution in [0.25, 0.3) is 17.1 Å². The third-order valence-electron chi connectivity index (χ3n) is 4.87. The summed E-state index contributed by atoms with van der Waals surface area (Å²) in [6.07, 6.45) is 10.2. The van der Waals surface area contributed by atoms with Gasteiger partial charge in [-0.3, -0.25) is 9.36 Å². The van der Waals surface area contributed by atoms with Gasteiger partial charge in [-0.05, 0) is 25.7 Å². The van der Waals surface area contributed by atoms with Crippen LogP contribution in [0.3, 0.4) is 0 Å². The molecule has 3 heterocycles. The van der Waals surface area contributed by atoms with Crippen LogP contribution in [0.2, 0.25) is 0 Å². The van der Waals surface area contributed by atoms with Crippen molar-refractivity contribution in [3.63, 3.8) is 0 Å². The molecule has 0 spiro atoms. The second-order valence-corrected chi connectivity index (χ2v) is 6.75. The maximum absolute atomic E-state index is 12.9. The molecule has 10 heteroatoms. The van der Waals surface area contributed by atoms with Crippen LogP contribution in [0.4, 0.5) is 0 Å². The number of carbonyl (C=O) groups excluding carboxylic acids is 1. The highest BCUT2D eigenvalue weighted by atomic mass is 16.5. The van der Waals surface area contributed by atoms with Gasteiger partial charge in [0.1, 0.15) is 11.8 Å². The number of imidazole rings is 2. The van der Waals surface area contributed by atoms with E-state index in [1.54, 1.807) is 30.4 Å². The molecule has 0 atom stereocenters. The van der Waals surface area contributed by atoms with E-state index in [2.05, 4.69) is 30.2 Å². The van der Waals surface area contributed by atoms with Gasteiger partial charge < -0.3 is 19.8 Å². The molecular formula is C18H23N7O3. The number of H-pyrrole nitrogens is 1. The van der Waals surface area contributed by atoms with Gasteiger partial charge in [0.05, 0.1) is 25.6 Å². The molecule has 4 rings (SSSR count). The molecule has 0 unspecified atom stereocenters. The fourth-order valence-electron chi connectivity index (χ4n) is 3.40. The molecule has 10 nitrogen and oxygen atoms in total. The smallest absolute Gasteiger partial charge is 0.272 e. The van der Waals surface area contributed by atoms with E-state index in [0.29, 0.717) is 30.3 Å². The number of nitrogens with zero attached hydrogens (tertiary/aromatic N) is 5. The molecule has 3 aromatic rings. The van der Waals surface area contributed by atoms with Crippen LogP contribution in [0, 0.1) is 0 Å². The van der Waals surface area contributed by atoms with Gasteiger partial charge in [0.2, 0.25) is 5.95 Å². The van der Waals surface area contributed by atoms with Crippen molar-refractivity contribution >= 4 is 17.1 Å². The molecule has 1 fully saturated rings. The van der Waals surface area contributed by atoms with Gasteiger partial charge >= 0.3 is 0 Å². The third-order valence-corrected chi connectivity index (χ3v) is 4.87. The Balaban J connectivity index is 1.44. The number of carbonyl (C=O) groups is 1. The summed E-state index contributed by atoms with van der Waals surface area (Å²) < 4.78 is 12.4. The Hall–Kier alpha value is -2.85. The van der Waals surface area contributed by atoms with Crippen LogP contribution in [-0.4, -0.2) is 67.9 Å². The Morgan fingerprint density at radius 1 is 1.29 bits per heavy atom. The van der Waals surface area contributed by atoms with Gasteiger partial charge in [-0.1, -0.05) is 0 Å². The predicted octanol–water partition coefficient (Wildman–Crippen LogP) is 1.24. The highest BCUT2D eigenvalue weighted by Crippen LogP contribution is 2.22. The highest BCUT2D eigenvalue weighted by molar-refractivity contribution is 6.02. The lowest BCUT2D eigenvalue weighted by Gasteiger charge is -2.29. The SMILES string of the molecule is COCCO[C@H]1CC[C@H](NC(=O)c2nc(-n3ccnc3)nc3nc[nH]c23)CC1. The van der Waals surface area contributed by atoms with E-state index in [4.69, 9.17) is 9.47 Å². The molecule has 0 saturated heterocycles. The van der Waals surface area contributed by atoms with Crippen LogP contribution in [-0.2, 0) is 9.47 Å². The number of amides is 1. The normalized spacial score (nSPS) is 19.8. The maximum atomic E-state index is 12.9. The summed E-state index contributed by atoms with van der Waals surface area (Å²) in [7, 11) is 1.66. The number of hydrogen-bond acceptors (Lipinski definition) is 7. The number of nitrogens with one attached hydrogen (secondary N) is 2.